The van der Waals surface area contributed by atoms with Crippen LogP contribution in [0.5, 0.6) is 5.75 Å². The zero-order chi connectivity index (χ0) is 31.8. The average Bonchev–Trinajstić information content (AvgIpc) is 3.64. The summed E-state index contributed by atoms with van der Waals surface area (Å²) in [5, 5.41) is 8.82. The zero-order valence-corrected chi connectivity index (χ0v) is 24.8. The number of rotatable bonds is 14. The third-order valence-electron chi connectivity index (χ3n) is 7.37. The van der Waals surface area contributed by atoms with Gasteiger partial charge in [-0.3, -0.25) is 24.0 Å². The Balaban J connectivity index is 1.47. The fraction of sp³-hybridized carbons (Fsp3) is 0.375. The second-order valence-corrected chi connectivity index (χ2v) is 11.1. The van der Waals surface area contributed by atoms with Crippen LogP contribution >= 0.6 is 0 Å². The SMILES string of the molecule is COc1cccc2[nH]c(C(=O)N[C@@H](CC(C)C)C(=O)N[C@@H](C[C@@H]3CCNC3=O)C(=O)COC(=O)C(=O)c3ccccc3)cc12. The molecular weight excluding hydrogens is 568 g/mol. The molecule has 4 rings (SSSR count). The molecule has 3 atom stereocenters. The van der Waals surface area contributed by atoms with Crippen LogP contribution in [0.25, 0.3) is 10.9 Å². The van der Waals surface area contributed by atoms with E-state index < -0.39 is 54.0 Å². The lowest BCUT2D eigenvalue weighted by Gasteiger charge is -2.25. The maximum absolute atomic E-state index is 13.5. The van der Waals surface area contributed by atoms with Gasteiger partial charge in [0.2, 0.25) is 11.8 Å². The molecule has 3 amide bonds. The molecule has 0 saturated carbocycles. The molecule has 2 heterocycles. The fourth-order valence-electron chi connectivity index (χ4n) is 5.07. The van der Waals surface area contributed by atoms with Crippen molar-refractivity contribution in [3.8, 4) is 5.75 Å². The molecule has 232 valence electrons. The summed E-state index contributed by atoms with van der Waals surface area (Å²) in [7, 11) is 1.53. The summed E-state index contributed by atoms with van der Waals surface area (Å²) in [5.41, 5.74) is 1.01. The number of benzene rings is 2. The Hall–Kier alpha value is -5.00. The molecule has 1 aliphatic heterocycles. The highest BCUT2D eigenvalue weighted by atomic mass is 16.5. The average molecular weight is 605 g/mol. The summed E-state index contributed by atoms with van der Waals surface area (Å²) < 4.78 is 10.4. The highest BCUT2D eigenvalue weighted by molar-refractivity contribution is 6.40. The van der Waals surface area contributed by atoms with E-state index >= 15 is 0 Å². The van der Waals surface area contributed by atoms with Gasteiger partial charge in [-0.25, -0.2) is 4.79 Å². The van der Waals surface area contributed by atoms with Crippen molar-refractivity contribution < 1.29 is 38.2 Å². The minimum Gasteiger partial charge on any atom is -0.496 e. The minimum atomic E-state index is -1.21. The number of methoxy groups -OCH3 is 1. The lowest BCUT2D eigenvalue weighted by atomic mass is 9.95. The molecule has 44 heavy (non-hydrogen) atoms. The summed E-state index contributed by atoms with van der Waals surface area (Å²) in [6.07, 6.45) is 0.679. The van der Waals surface area contributed by atoms with Crippen LogP contribution in [-0.2, 0) is 23.9 Å². The number of hydrogen-bond acceptors (Lipinski definition) is 8. The predicted molar refractivity (Wildman–Crippen MR) is 160 cm³/mol. The van der Waals surface area contributed by atoms with E-state index in [0.717, 1.165) is 0 Å². The van der Waals surface area contributed by atoms with Gasteiger partial charge < -0.3 is 30.4 Å². The highest BCUT2D eigenvalue weighted by Gasteiger charge is 2.34. The monoisotopic (exact) mass is 604 g/mol. The summed E-state index contributed by atoms with van der Waals surface area (Å²) in [4.78, 5) is 80.1. The Kier molecular flexibility index (Phi) is 10.5. The van der Waals surface area contributed by atoms with Crippen molar-refractivity contribution in [1.82, 2.24) is 20.9 Å². The number of nitrogens with one attached hydrogen (secondary N) is 4. The standard InChI is InChI=1S/C32H36N4O8/c1-18(2)14-24(36-31(41)25-16-21-22(34-25)10-7-11-27(21)43-3)30(40)35-23(15-20-12-13-33-29(20)39)26(37)17-44-32(42)28(38)19-8-5-4-6-9-19/h4-11,16,18,20,23-24,34H,12-15,17H2,1-3H3,(H,33,39)(H,35,40)(H,36,41)/t20-,23-,24-/m0/s1. The van der Waals surface area contributed by atoms with Crippen LogP contribution in [0.2, 0.25) is 0 Å². The molecule has 1 fully saturated rings. The van der Waals surface area contributed by atoms with E-state index in [1.165, 1.54) is 19.2 Å². The molecule has 1 aliphatic rings. The van der Waals surface area contributed by atoms with Crippen molar-refractivity contribution in [2.45, 2.75) is 45.2 Å². The fourth-order valence-corrected chi connectivity index (χ4v) is 5.07. The molecule has 1 saturated heterocycles. The van der Waals surface area contributed by atoms with Crippen molar-refractivity contribution >= 4 is 46.2 Å². The Labute approximate surface area is 254 Å². The third kappa shape index (κ3) is 7.88. The number of carbonyl (C=O) groups excluding carboxylic acids is 6. The molecule has 4 N–H and O–H groups in total. The van der Waals surface area contributed by atoms with Gasteiger partial charge in [0.05, 0.1) is 13.2 Å². The maximum Gasteiger partial charge on any atom is 0.380 e. The minimum absolute atomic E-state index is 0.00595. The number of aromatic nitrogens is 1. The first kappa shape index (κ1) is 31.9. The number of aromatic amines is 1. The highest BCUT2D eigenvalue weighted by Crippen LogP contribution is 2.26. The Morgan fingerprint density at radius 3 is 2.39 bits per heavy atom. The number of fused-ring (bicyclic) bond motifs is 1. The summed E-state index contributed by atoms with van der Waals surface area (Å²) in [6.45, 7) is 3.42. The van der Waals surface area contributed by atoms with Crippen molar-refractivity contribution in [2.75, 3.05) is 20.3 Å². The zero-order valence-electron chi connectivity index (χ0n) is 24.8. The molecule has 0 radical (unpaired) electrons. The third-order valence-corrected chi connectivity index (χ3v) is 7.37. The van der Waals surface area contributed by atoms with Crippen LogP contribution in [0, 0.1) is 11.8 Å². The molecule has 0 bridgehead atoms. The first-order valence-corrected chi connectivity index (χ1v) is 14.4. The van der Waals surface area contributed by atoms with Gasteiger partial charge in [0.15, 0.2) is 12.4 Å². The van der Waals surface area contributed by atoms with Crippen LogP contribution in [-0.4, -0.2) is 72.6 Å². The van der Waals surface area contributed by atoms with Gasteiger partial charge in [-0.1, -0.05) is 50.2 Å². The number of hydrogen-bond donors (Lipinski definition) is 4. The lowest BCUT2D eigenvalue weighted by molar-refractivity contribution is -0.144. The van der Waals surface area contributed by atoms with Gasteiger partial charge in [-0.05, 0) is 43.4 Å². The van der Waals surface area contributed by atoms with Crippen molar-refractivity contribution in [1.29, 1.82) is 0 Å². The van der Waals surface area contributed by atoms with E-state index in [0.29, 0.717) is 29.6 Å². The molecular formula is C32H36N4O8. The summed E-state index contributed by atoms with van der Waals surface area (Å²) in [6, 6.07) is 12.5. The number of carbonyl (C=O) groups is 6. The van der Waals surface area contributed by atoms with Crippen LogP contribution in [0.15, 0.2) is 54.6 Å². The number of amides is 3. The molecule has 1 aromatic heterocycles. The summed E-state index contributed by atoms with van der Waals surface area (Å²) in [5.74, 6) is -4.22. The molecule has 0 unspecified atom stereocenters. The largest absolute Gasteiger partial charge is 0.496 e. The second-order valence-electron chi connectivity index (χ2n) is 11.1. The van der Waals surface area contributed by atoms with E-state index in [1.54, 1.807) is 42.5 Å². The number of Topliss-reactive ketones (excluding diaryl/α,β-unsaturated/α-hetero) is 2. The Morgan fingerprint density at radius 1 is 0.977 bits per heavy atom. The van der Waals surface area contributed by atoms with Crippen LogP contribution in [0.3, 0.4) is 0 Å². The van der Waals surface area contributed by atoms with Gasteiger partial charge in [0.25, 0.3) is 11.7 Å². The van der Waals surface area contributed by atoms with Gasteiger partial charge in [-0.15, -0.1) is 0 Å². The molecule has 12 heteroatoms. The van der Waals surface area contributed by atoms with Gasteiger partial charge >= 0.3 is 5.97 Å². The number of ketones is 2. The van der Waals surface area contributed by atoms with E-state index in [2.05, 4.69) is 20.9 Å². The van der Waals surface area contributed by atoms with Gasteiger partial charge in [0.1, 0.15) is 17.5 Å². The van der Waals surface area contributed by atoms with Crippen molar-refractivity contribution in [3.05, 3.63) is 65.9 Å². The predicted octanol–water partition coefficient (Wildman–Crippen LogP) is 2.33. The Morgan fingerprint density at radius 2 is 1.73 bits per heavy atom. The van der Waals surface area contributed by atoms with E-state index in [1.807, 2.05) is 13.8 Å². The molecule has 12 nitrogen and oxygen atoms in total. The topological polar surface area (TPSA) is 173 Å². The van der Waals surface area contributed by atoms with E-state index in [4.69, 9.17) is 9.47 Å². The molecule has 0 spiro atoms. The van der Waals surface area contributed by atoms with Crippen LogP contribution in [0.4, 0.5) is 0 Å². The first-order chi connectivity index (χ1) is 21.1. The number of esters is 1. The van der Waals surface area contributed by atoms with Crippen molar-refractivity contribution in [2.24, 2.45) is 11.8 Å². The first-order valence-electron chi connectivity index (χ1n) is 14.4. The maximum atomic E-state index is 13.5. The van der Waals surface area contributed by atoms with Crippen LogP contribution in [0.1, 0.15) is 54.0 Å². The van der Waals surface area contributed by atoms with E-state index in [-0.39, 0.29) is 35.9 Å². The van der Waals surface area contributed by atoms with Gasteiger partial charge in [-0.2, -0.15) is 0 Å². The van der Waals surface area contributed by atoms with E-state index in [9.17, 15) is 28.8 Å². The van der Waals surface area contributed by atoms with Crippen molar-refractivity contribution in [3.63, 3.8) is 0 Å². The normalized spacial score (nSPS) is 15.7. The smallest absolute Gasteiger partial charge is 0.380 e. The number of H-pyrrole nitrogens is 1. The lowest BCUT2D eigenvalue weighted by Crippen LogP contribution is -2.53. The summed E-state index contributed by atoms with van der Waals surface area (Å²) >= 11 is 0. The second kappa shape index (κ2) is 14.5. The molecule has 2 aromatic carbocycles. The van der Waals surface area contributed by atoms with Gasteiger partial charge in [0, 0.05) is 28.9 Å². The number of ether oxygens (including phenoxy) is 2. The molecule has 0 aliphatic carbocycles. The Bertz CT molecular complexity index is 1550. The molecule has 3 aromatic rings. The quantitative estimate of drug-likeness (QED) is 0.123. The van der Waals surface area contributed by atoms with Crippen LogP contribution < -0.4 is 20.7 Å².